The highest BCUT2D eigenvalue weighted by Crippen LogP contribution is 2.47. The first-order valence-electron chi connectivity index (χ1n) is 13.9. The molecule has 2 aliphatic rings. The Morgan fingerprint density at radius 3 is 2.08 bits per heavy atom. The van der Waals surface area contributed by atoms with Crippen LogP contribution in [0.1, 0.15) is 52.3 Å². The molecule has 4 nitrogen and oxygen atoms in total. The summed E-state index contributed by atoms with van der Waals surface area (Å²) in [5, 5.41) is 0. The summed E-state index contributed by atoms with van der Waals surface area (Å²) in [6.07, 6.45) is 0.822. The van der Waals surface area contributed by atoms with Gasteiger partial charge in [-0.25, -0.2) is 0 Å². The highest BCUT2D eigenvalue weighted by atomic mass is 16.7. The van der Waals surface area contributed by atoms with E-state index in [1.165, 1.54) is 22.3 Å². The van der Waals surface area contributed by atoms with Gasteiger partial charge >= 0.3 is 0 Å². The van der Waals surface area contributed by atoms with Crippen LogP contribution in [-0.2, 0) is 51.0 Å². The fourth-order valence-electron chi connectivity index (χ4n) is 5.73. The van der Waals surface area contributed by atoms with E-state index in [2.05, 4.69) is 80.6 Å². The van der Waals surface area contributed by atoms with Crippen molar-refractivity contribution < 1.29 is 18.9 Å². The molecule has 2 unspecified atom stereocenters. The van der Waals surface area contributed by atoms with E-state index in [4.69, 9.17) is 18.9 Å². The highest BCUT2D eigenvalue weighted by molar-refractivity contribution is 5.40. The predicted molar refractivity (Wildman–Crippen MR) is 152 cm³/mol. The van der Waals surface area contributed by atoms with Gasteiger partial charge in [-0.05, 0) is 54.2 Å². The van der Waals surface area contributed by atoms with Crippen LogP contribution in [0.4, 0.5) is 0 Å². The number of rotatable bonds is 8. The number of fused-ring (bicyclic) bond motifs is 2. The maximum Gasteiger partial charge on any atom is 0.198 e. The zero-order chi connectivity index (χ0) is 26.7. The third kappa shape index (κ3) is 5.85. The van der Waals surface area contributed by atoms with E-state index >= 15 is 0 Å². The average molecular weight is 521 g/mol. The van der Waals surface area contributed by atoms with Gasteiger partial charge in [0.2, 0.25) is 0 Å². The van der Waals surface area contributed by atoms with Gasteiger partial charge in [-0.2, -0.15) is 0 Å². The Kier molecular flexibility index (Phi) is 7.62. The van der Waals surface area contributed by atoms with Crippen molar-refractivity contribution in [3.8, 4) is 0 Å². The topological polar surface area (TPSA) is 36.9 Å². The molecule has 6 rings (SSSR count). The molecule has 0 amide bonds. The van der Waals surface area contributed by atoms with E-state index < -0.39 is 5.79 Å². The summed E-state index contributed by atoms with van der Waals surface area (Å²) in [6.45, 7) is 5.76. The Balaban J connectivity index is 1.25. The maximum atomic E-state index is 6.74. The van der Waals surface area contributed by atoms with Crippen LogP contribution in [0, 0.1) is 6.92 Å². The van der Waals surface area contributed by atoms with Crippen LogP contribution in [0.15, 0.2) is 103 Å². The Morgan fingerprint density at radius 2 is 1.38 bits per heavy atom. The number of benzene rings is 4. The lowest BCUT2D eigenvalue weighted by Crippen LogP contribution is -2.54. The molecule has 4 aromatic carbocycles. The van der Waals surface area contributed by atoms with Gasteiger partial charge < -0.3 is 18.9 Å². The van der Waals surface area contributed by atoms with Crippen molar-refractivity contribution >= 4 is 0 Å². The molecule has 0 saturated carbocycles. The standard InChI is InChI=1S/C35H36O4/c1-25-13-15-27(16-14-25)19-30-17-18-31-24-38-35(32(31)20-30)21-33(36-22-28-9-5-3-6-10-28)34(26(2)39-35)37-23-29-11-7-4-8-12-29/h3-18,20,26,33-34H,19,21-24H2,1-2H3/t26?,33?,34-,35-/m1/s1. The smallest absolute Gasteiger partial charge is 0.198 e. The van der Waals surface area contributed by atoms with Crippen molar-refractivity contribution in [3.05, 3.63) is 142 Å². The zero-order valence-electron chi connectivity index (χ0n) is 22.7. The molecule has 1 fully saturated rings. The van der Waals surface area contributed by atoms with Crippen LogP contribution in [0.25, 0.3) is 0 Å². The number of ether oxygens (including phenoxy) is 4. The number of hydrogen-bond acceptors (Lipinski definition) is 4. The first-order chi connectivity index (χ1) is 19.1. The molecular weight excluding hydrogens is 484 g/mol. The summed E-state index contributed by atoms with van der Waals surface area (Å²) >= 11 is 0. The van der Waals surface area contributed by atoms with E-state index in [9.17, 15) is 0 Å². The van der Waals surface area contributed by atoms with E-state index in [0.717, 1.165) is 23.1 Å². The summed E-state index contributed by atoms with van der Waals surface area (Å²) in [5.74, 6) is -0.841. The third-order valence-corrected chi connectivity index (χ3v) is 7.84. The molecule has 1 spiro atoms. The highest BCUT2D eigenvalue weighted by Gasteiger charge is 2.52. The van der Waals surface area contributed by atoms with Crippen molar-refractivity contribution in [1.82, 2.24) is 0 Å². The lowest BCUT2D eigenvalue weighted by atomic mass is 9.88. The van der Waals surface area contributed by atoms with Gasteiger partial charge in [-0.1, -0.05) is 103 Å². The third-order valence-electron chi connectivity index (χ3n) is 7.84. The molecule has 200 valence electrons. The van der Waals surface area contributed by atoms with Crippen molar-refractivity contribution in [2.75, 3.05) is 0 Å². The second-order valence-electron chi connectivity index (χ2n) is 10.8. The van der Waals surface area contributed by atoms with Crippen LogP contribution < -0.4 is 0 Å². The Hall–Kier alpha value is -3.28. The van der Waals surface area contributed by atoms with Crippen LogP contribution in [0.2, 0.25) is 0 Å². The summed E-state index contributed by atoms with van der Waals surface area (Å²) in [4.78, 5) is 0. The molecule has 0 aromatic heterocycles. The largest absolute Gasteiger partial charge is 0.371 e. The van der Waals surface area contributed by atoms with Crippen LogP contribution in [-0.4, -0.2) is 18.3 Å². The van der Waals surface area contributed by atoms with Crippen molar-refractivity contribution in [2.45, 2.75) is 70.6 Å². The Morgan fingerprint density at radius 1 is 0.744 bits per heavy atom. The molecule has 0 aliphatic carbocycles. The van der Waals surface area contributed by atoms with Crippen molar-refractivity contribution in [2.24, 2.45) is 0 Å². The van der Waals surface area contributed by atoms with E-state index in [1.54, 1.807) is 0 Å². The summed E-state index contributed by atoms with van der Waals surface area (Å²) in [5.41, 5.74) is 8.40. The van der Waals surface area contributed by atoms with Gasteiger partial charge in [-0.3, -0.25) is 0 Å². The molecule has 0 bridgehead atoms. The summed E-state index contributed by atoms with van der Waals surface area (Å²) < 4.78 is 26.3. The summed E-state index contributed by atoms with van der Waals surface area (Å²) in [6, 6.07) is 36.0. The zero-order valence-corrected chi connectivity index (χ0v) is 22.7. The molecular formula is C35H36O4. The molecule has 0 radical (unpaired) electrons. The predicted octanol–water partition coefficient (Wildman–Crippen LogP) is 7.25. The molecule has 1 saturated heterocycles. The molecule has 4 aromatic rings. The quantitative estimate of drug-likeness (QED) is 0.245. The monoisotopic (exact) mass is 520 g/mol. The Labute approximate surface area is 231 Å². The summed E-state index contributed by atoms with van der Waals surface area (Å²) in [7, 11) is 0. The van der Waals surface area contributed by atoms with Gasteiger partial charge in [0.05, 0.1) is 32.0 Å². The molecule has 39 heavy (non-hydrogen) atoms. The van der Waals surface area contributed by atoms with Gasteiger partial charge in [0.15, 0.2) is 5.79 Å². The SMILES string of the molecule is Cc1ccc(Cc2ccc3c(c2)[C@]2(CC(OCc4ccccc4)[C@H](OCc4ccccc4)C(C)O2)OC3)cc1. The van der Waals surface area contributed by atoms with Crippen molar-refractivity contribution in [1.29, 1.82) is 0 Å². The fraction of sp³-hybridized carbons (Fsp3) is 0.314. The second-order valence-corrected chi connectivity index (χ2v) is 10.8. The van der Waals surface area contributed by atoms with E-state index in [1.807, 2.05) is 36.4 Å². The average Bonchev–Trinajstić information content (AvgIpc) is 3.30. The van der Waals surface area contributed by atoms with Crippen LogP contribution in [0.3, 0.4) is 0 Å². The maximum absolute atomic E-state index is 6.74. The number of hydrogen-bond donors (Lipinski definition) is 0. The minimum atomic E-state index is -0.841. The first kappa shape index (κ1) is 26.0. The van der Waals surface area contributed by atoms with E-state index in [-0.39, 0.29) is 18.3 Å². The fourth-order valence-corrected chi connectivity index (χ4v) is 5.73. The first-order valence-corrected chi connectivity index (χ1v) is 13.9. The minimum Gasteiger partial charge on any atom is -0.371 e. The lowest BCUT2D eigenvalue weighted by Gasteiger charge is -2.45. The van der Waals surface area contributed by atoms with Gasteiger partial charge in [0.25, 0.3) is 0 Å². The van der Waals surface area contributed by atoms with Crippen LogP contribution in [0.5, 0.6) is 0 Å². The molecule has 4 atom stereocenters. The molecule has 4 heteroatoms. The number of aryl methyl sites for hydroxylation is 1. The second kappa shape index (κ2) is 11.4. The molecule has 2 heterocycles. The van der Waals surface area contributed by atoms with E-state index in [0.29, 0.717) is 26.2 Å². The van der Waals surface area contributed by atoms with Crippen molar-refractivity contribution in [3.63, 3.8) is 0 Å². The molecule has 2 aliphatic heterocycles. The Bertz CT molecular complexity index is 1370. The molecule has 0 N–H and O–H groups in total. The normalized spacial score (nSPS) is 24.1. The van der Waals surface area contributed by atoms with Gasteiger partial charge in [0.1, 0.15) is 6.10 Å². The van der Waals surface area contributed by atoms with Gasteiger partial charge in [-0.15, -0.1) is 0 Å². The van der Waals surface area contributed by atoms with Gasteiger partial charge in [0, 0.05) is 12.0 Å². The lowest BCUT2D eigenvalue weighted by molar-refractivity contribution is -0.330. The van der Waals surface area contributed by atoms with Crippen LogP contribution >= 0.6 is 0 Å². The minimum absolute atomic E-state index is 0.190.